The molecule has 7 nitrogen and oxygen atoms in total. The van der Waals surface area contributed by atoms with Crippen molar-refractivity contribution < 1.29 is 30.0 Å². The van der Waals surface area contributed by atoms with E-state index in [4.69, 9.17) is 0 Å². The molecule has 0 saturated heterocycles. The minimum Gasteiger partial charge on any atom is -0.390 e. The molecule has 0 spiro atoms. The van der Waals surface area contributed by atoms with Crippen molar-refractivity contribution in [3.05, 3.63) is 35.9 Å². The Morgan fingerprint density at radius 3 is 2.36 bits per heavy atom. The second-order valence-corrected chi connectivity index (χ2v) is 7.10. The standard InChI is InChI=1S/C18H25NO6/c1-17(2)15(23)16(24)18(17,25)14(22)12(10-20)19-13(21)9-8-11-6-4-3-5-7-11/h3-7,10,12,14-16,22-25H,8-9H2,1-2H3,(H,19,21)/t12-,14+,15?,16+,18-/m0/s1. The Balaban J connectivity index is 1.99. The highest BCUT2D eigenvalue weighted by atomic mass is 16.4. The third-order valence-corrected chi connectivity index (χ3v) is 5.27. The Bertz CT molecular complexity index is 619. The quantitative estimate of drug-likeness (QED) is 0.408. The van der Waals surface area contributed by atoms with Gasteiger partial charge in [-0.2, -0.15) is 0 Å². The highest BCUT2D eigenvalue weighted by Crippen LogP contribution is 2.52. The summed E-state index contributed by atoms with van der Waals surface area (Å²) in [6.45, 7) is 2.93. The summed E-state index contributed by atoms with van der Waals surface area (Å²) in [6, 6.07) is 7.92. The number of benzene rings is 1. The van der Waals surface area contributed by atoms with Gasteiger partial charge < -0.3 is 30.5 Å². The summed E-state index contributed by atoms with van der Waals surface area (Å²) in [5.41, 5.74) is -2.38. The molecule has 1 saturated carbocycles. The lowest BCUT2D eigenvalue weighted by Crippen LogP contribution is -2.81. The SMILES string of the molecule is CC1(C)C(O)[C@@H](O)[C@@]1(O)[C@H](O)[C@H](C=O)NC(=O)CCc1ccccc1. The fourth-order valence-electron chi connectivity index (χ4n) is 3.34. The van der Waals surface area contributed by atoms with Crippen LogP contribution in [-0.2, 0) is 16.0 Å². The fraction of sp³-hybridized carbons (Fsp3) is 0.556. The normalized spacial score (nSPS) is 30.0. The Morgan fingerprint density at radius 2 is 1.84 bits per heavy atom. The number of carbonyl (C=O) groups excluding carboxylic acids is 2. The summed E-state index contributed by atoms with van der Waals surface area (Å²) in [7, 11) is 0. The van der Waals surface area contributed by atoms with Crippen LogP contribution >= 0.6 is 0 Å². The van der Waals surface area contributed by atoms with Crippen molar-refractivity contribution >= 4 is 12.2 Å². The first kappa shape index (κ1) is 19.5. The molecule has 0 radical (unpaired) electrons. The van der Waals surface area contributed by atoms with Crippen molar-refractivity contribution in [1.82, 2.24) is 5.32 Å². The number of amides is 1. The van der Waals surface area contributed by atoms with Crippen LogP contribution in [0.3, 0.4) is 0 Å². The van der Waals surface area contributed by atoms with Gasteiger partial charge in [0.15, 0.2) is 0 Å². The Kier molecular flexibility index (Phi) is 5.63. The number of hydrogen-bond acceptors (Lipinski definition) is 6. The molecule has 1 aliphatic rings. The zero-order chi connectivity index (χ0) is 18.8. The van der Waals surface area contributed by atoms with Gasteiger partial charge in [-0.05, 0) is 12.0 Å². The molecule has 1 amide bonds. The summed E-state index contributed by atoms with van der Waals surface area (Å²) in [6.07, 6.45) is -3.72. The number of carbonyl (C=O) groups is 2. The van der Waals surface area contributed by atoms with Crippen LogP contribution in [0.5, 0.6) is 0 Å². The van der Waals surface area contributed by atoms with Gasteiger partial charge in [0.2, 0.25) is 5.91 Å². The molecule has 0 heterocycles. The zero-order valence-corrected chi connectivity index (χ0v) is 14.3. The summed E-state index contributed by atoms with van der Waals surface area (Å²) in [5, 5.41) is 43.0. The maximum absolute atomic E-state index is 12.1. The minimum atomic E-state index is -2.11. The summed E-state index contributed by atoms with van der Waals surface area (Å²) in [5.74, 6) is -0.462. The van der Waals surface area contributed by atoms with Gasteiger partial charge >= 0.3 is 0 Å². The van der Waals surface area contributed by atoms with Crippen LogP contribution in [0.15, 0.2) is 30.3 Å². The number of aldehydes is 1. The van der Waals surface area contributed by atoms with Crippen molar-refractivity contribution in [2.45, 2.75) is 56.6 Å². The fourth-order valence-corrected chi connectivity index (χ4v) is 3.34. The van der Waals surface area contributed by atoms with Crippen molar-refractivity contribution in [3.63, 3.8) is 0 Å². The monoisotopic (exact) mass is 351 g/mol. The lowest BCUT2D eigenvalue weighted by Gasteiger charge is -2.61. The van der Waals surface area contributed by atoms with E-state index in [1.165, 1.54) is 13.8 Å². The Labute approximate surface area is 146 Å². The summed E-state index contributed by atoms with van der Waals surface area (Å²) < 4.78 is 0. The number of aliphatic hydroxyl groups excluding tert-OH is 3. The molecular formula is C18H25NO6. The molecule has 5 N–H and O–H groups in total. The number of hydrogen-bond donors (Lipinski definition) is 5. The number of rotatable bonds is 7. The maximum atomic E-state index is 12.1. The van der Waals surface area contributed by atoms with Crippen molar-refractivity contribution in [2.24, 2.45) is 5.41 Å². The number of aryl methyl sites for hydroxylation is 1. The van der Waals surface area contributed by atoms with Crippen LogP contribution < -0.4 is 5.32 Å². The predicted molar refractivity (Wildman–Crippen MR) is 89.5 cm³/mol. The highest BCUT2D eigenvalue weighted by Gasteiger charge is 2.70. The van der Waals surface area contributed by atoms with Crippen LogP contribution in [0.1, 0.15) is 25.8 Å². The topological polar surface area (TPSA) is 127 Å². The van der Waals surface area contributed by atoms with E-state index in [2.05, 4.69) is 5.32 Å². The van der Waals surface area contributed by atoms with Crippen molar-refractivity contribution in [2.75, 3.05) is 0 Å². The highest BCUT2D eigenvalue weighted by molar-refractivity contribution is 5.80. The molecule has 5 atom stereocenters. The molecule has 1 aromatic carbocycles. The Hall–Kier alpha value is -1.80. The Morgan fingerprint density at radius 1 is 1.24 bits per heavy atom. The first-order valence-corrected chi connectivity index (χ1v) is 8.21. The van der Waals surface area contributed by atoms with Crippen LogP contribution in [0.25, 0.3) is 0 Å². The van der Waals surface area contributed by atoms with E-state index in [9.17, 15) is 30.0 Å². The molecule has 1 fully saturated rings. The zero-order valence-electron chi connectivity index (χ0n) is 14.3. The van der Waals surface area contributed by atoms with Gasteiger partial charge in [-0.3, -0.25) is 4.79 Å². The predicted octanol–water partition coefficient (Wildman–Crippen LogP) is -0.843. The van der Waals surface area contributed by atoms with Crippen LogP contribution in [0.4, 0.5) is 0 Å². The van der Waals surface area contributed by atoms with E-state index in [0.29, 0.717) is 12.7 Å². The third-order valence-electron chi connectivity index (χ3n) is 5.27. The second kappa shape index (κ2) is 7.21. The average Bonchev–Trinajstić information content (AvgIpc) is 2.62. The summed E-state index contributed by atoms with van der Waals surface area (Å²) in [4.78, 5) is 23.4. The van der Waals surface area contributed by atoms with Gasteiger partial charge in [0, 0.05) is 11.8 Å². The number of aliphatic hydroxyl groups is 4. The van der Waals surface area contributed by atoms with Gasteiger partial charge in [0.1, 0.15) is 30.1 Å². The molecule has 1 aliphatic carbocycles. The van der Waals surface area contributed by atoms with Crippen LogP contribution in [0, 0.1) is 5.41 Å². The second-order valence-electron chi connectivity index (χ2n) is 7.10. The average molecular weight is 351 g/mol. The van der Waals surface area contributed by atoms with E-state index < -0.39 is 41.3 Å². The molecule has 1 unspecified atom stereocenters. The van der Waals surface area contributed by atoms with E-state index in [-0.39, 0.29) is 6.42 Å². The van der Waals surface area contributed by atoms with Gasteiger partial charge in [0.25, 0.3) is 0 Å². The molecule has 2 rings (SSSR count). The van der Waals surface area contributed by atoms with Gasteiger partial charge in [-0.1, -0.05) is 44.2 Å². The number of nitrogens with one attached hydrogen (secondary N) is 1. The molecule has 25 heavy (non-hydrogen) atoms. The van der Waals surface area contributed by atoms with E-state index in [0.717, 1.165) is 5.56 Å². The molecule has 138 valence electrons. The molecule has 1 aromatic rings. The van der Waals surface area contributed by atoms with E-state index in [1.54, 1.807) is 0 Å². The van der Waals surface area contributed by atoms with E-state index >= 15 is 0 Å². The first-order chi connectivity index (χ1) is 11.7. The summed E-state index contributed by atoms with van der Waals surface area (Å²) >= 11 is 0. The van der Waals surface area contributed by atoms with Gasteiger partial charge in [0.05, 0.1) is 6.10 Å². The molecule has 0 aliphatic heterocycles. The van der Waals surface area contributed by atoms with Gasteiger partial charge in [-0.15, -0.1) is 0 Å². The van der Waals surface area contributed by atoms with Crippen LogP contribution in [0.2, 0.25) is 0 Å². The molecule has 0 bridgehead atoms. The van der Waals surface area contributed by atoms with Crippen molar-refractivity contribution in [1.29, 1.82) is 0 Å². The van der Waals surface area contributed by atoms with E-state index in [1.807, 2.05) is 30.3 Å². The smallest absolute Gasteiger partial charge is 0.220 e. The maximum Gasteiger partial charge on any atom is 0.220 e. The van der Waals surface area contributed by atoms with Gasteiger partial charge in [-0.25, -0.2) is 0 Å². The lowest BCUT2D eigenvalue weighted by molar-refractivity contribution is -0.333. The molecular weight excluding hydrogens is 326 g/mol. The largest absolute Gasteiger partial charge is 0.390 e. The van der Waals surface area contributed by atoms with Crippen LogP contribution in [-0.4, -0.2) is 62.6 Å². The first-order valence-electron chi connectivity index (χ1n) is 8.21. The third kappa shape index (κ3) is 3.32. The van der Waals surface area contributed by atoms with Crippen molar-refractivity contribution in [3.8, 4) is 0 Å². The molecule has 0 aromatic heterocycles. The minimum absolute atomic E-state index is 0.105. The molecule has 7 heteroatoms. The lowest BCUT2D eigenvalue weighted by atomic mass is 9.51.